The van der Waals surface area contributed by atoms with E-state index in [1.807, 2.05) is 0 Å². The molecule has 1 N–H and O–H groups in total. The molecule has 0 spiro atoms. The molecule has 1 aromatic carbocycles. The number of hydrogen-bond donors (Lipinski definition) is 1. The molecule has 0 bridgehead atoms. The Bertz CT molecular complexity index is 686. The van der Waals surface area contributed by atoms with Crippen LogP contribution in [-0.2, 0) is 6.18 Å². The van der Waals surface area contributed by atoms with Crippen molar-refractivity contribution in [3.63, 3.8) is 0 Å². The van der Waals surface area contributed by atoms with Crippen LogP contribution in [-0.4, -0.2) is 10.8 Å². The summed E-state index contributed by atoms with van der Waals surface area (Å²) < 4.78 is 37.6. The first-order chi connectivity index (χ1) is 8.30. The number of H-pyrrole nitrogens is 1. The van der Waals surface area contributed by atoms with Gasteiger partial charge in [-0.15, -0.1) is 0 Å². The van der Waals surface area contributed by atoms with Crippen LogP contribution in [0.1, 0.15) is 22.8 Å². The van der Waals surface area contributed by atoms with Gasteiger partial charge in [0.2, 0.25) is 0 Å². The zero-order valence-corrected chi connectivity index (χ0v) is 9.26. The quantitative estimate of drug-likeness (QED) is 0.796. The second-order valence-corrected chi connectivity index (χ2v) is 3.85. The number of alkyl halides is 3. The van der Waals surface area contributed by atoms with Gasteiger partial charge in [0.15, 0.2) is 11.2 Å². The van der Waals surface area contributed by atoms with Crippen molar-refractivity contribution in [1.82, 2.24) is 4.98 Å². The van der Waals surface area contributed by atoms with Gasteiger partial charge in [-0.3, -0.25) is 9.59 Å². The summed E-state index contributed by atoms with van der Waals surface area (Å²) in [4.78, 5) is 25.6. The molecule has 1 heterocycles. The third-order valence-electron chi connectivity index (χ3n) is 2.59. The largest absolute Gasteiger partial charge is 0.416 e. The molecule has 2 aromatic rings. The van der Waals surface area contributed by atoms with Crippen molar-refractivity contribution in [2.75, 3.05) is 0 Å². The molecular formula is C12H8F3NO2. The molecule has 0 unspecified atom stereocenters. The molecule has 0 aliphatic rings. The van der Waals surface area contributed by atoms with Crippen LogP contribution in [0, 0.1) is 0 Å². The Labute approximate surface area is 99.2 Å². The van der Waals surface area contributed by atoms with E-state index in [-0.39, 0.29) is 16.5 Å². The Balaban J connectivity index is 2.79. The molecule has 0 fully saturated rings. The molecule has 3 nitrogen and oxygen atoms in total. The van der Waals surface area contributed by atoms with E-state index in [1.54, 1.807) is 0 Å². The van der Waals surface area contributed by atoms with Crippen molar-refractivity contribution in [3.05, 3.63) is 45.7 Å². The second kappa shape index (κ2) is 3.97. The minimum Gasteiger partial charge on any atom is -0.360 e. The van der Waals surface area contributed by atoms with Crippen LogP contribution in [0.3, 0.4) is 0 Å². The number of hydrogen-bond acceptors (Lipinski definition) is 2. The highest BCUT2D eigenvalue weighted by atomic mass is 19.4. The van der Waals surface area contributed by atoms with Crippen LogP contribution in [0.2, 0.25) is 0 Å². The lowest BCUT2D eigenvalue weighted by atomic mass is 10.1. The zero-order valence-electron chi connectivity index (χ0n) is 9.26. The summed E-state index contributed by atoms with van der Waals surface area (Å²) in [6, 6.07) is 2.80. The number of halogens is 3. The number of aromatic amines is 1. The summed E-state index contributed by atoms with van der Waals surface area (Å²) in [5.41, 5.74) is -1.50. The van der Waals surface area contributed by atoms with Crippen LogP contribution in [0.15, 0.2) is 29.2 Å². The van der Waals surface area contributed by atoms with E-state index >= 15 is 0 Å². The number of rotatable bonds is 1. The second-order valence-electron chi connectivity index (χ2n) is 3.85. The van der Waals surface area contributed by atoms with E-state index in [2.05, 4.69) is 4.98 Å². The number of carbonyl (C=O) groups excluding carboxylic acids is 1. The van der Waals surface area contributed by atoms with Crippen LogP contribution in [0.5, 0.6) is 0 Å². The lowest BCUT2D eigenvalue weighted by Crippen LogP contribution is -2.15. The Morgan fingerprint density at radius 1 is 1.28 bits per heavy atom. The van der Waals surface area contributed by atoms with Gasteiger partial charge in [0, 0.05) is 17.1 Å². The monoisotopic (exact) mass is 255 g/mol. The summed E-state index contributed by atoms with van der Waals surface area (Å²) in [6.45, 7) is 1.18. The minimum atomic E-state index is -4.52. The van der Waals surface area contributed by atoms with E-state index in [0.29, 0.717) is 0 Å². The summed E-state index contributed by atoms with van der Waals surface area (Å²) >= 11 is 0. The summed E-state index contributed by atoms with van der Waals surface area (Å²) in [6.07, 6.45) is -3.31. The van der Waals surface area contributed by atoms with E-state index in [1.165, 1.54) is 19.2 Å². The van der Waals surface area contributed by atoms with Gasteiger partial charge in [0.25, 0.3) is 0 Å². The third-order valence-corrected chi connectivity index (χ3v) is 2.59. The van der Waals surface area contributed by atoms with Gasteiger partial charge in [-0.25, -0.2) is 0 Å². The highest BCUT2D eigenvalue weighted by molar-refractivity contribution is 5.97. The number of benzene rings is 1. The van der Waals surface area contributed by atoms with Gasteiger partial charge in [0.1, 0.15) is 0 Å². The van der Waals surface area contributed by atoms with Crippen molar-refractivity contribution < 1.29 is 18.0 Å². The van der Waals surface area contributed by atoms with Crippen molar-refractivity contribution in [3.8, 4) is 0 Å². The maximum absolute atomic E-state index is 12.5. The highest BCUT2D eigenvalue weighted by Crippen LogP contribution is 2.30. The maximum atomic E-state index is 12.5. The van der Waals surface area contributed by atoms with Crippen LogP contribution < -0.4 is 5.43 Å². The van der Waals surface area contributed by atoms with Crippen LogP contribution in [0.25, 0.3) is 10.9 Å². The molecule has 0 atom stereocenters. The predicted molar refractivity (Wildman–Crippen MR) is 59.6 cm³/mol. The molecule has 6 heteroatoms. The van der Waals surface area contributed by atoms with Gasteiger partial charge in [0.05, 0.1) is 11.1 Å². The average molecular weight is 255 g/mol. The fraction of sp³-hybridized carbons (Fsp3) is 0.167. The number of Topliss-reactive ketones (excluding diaryl/α,β-unsaturated/α-hetero) is 1. The number of pyridine rings is 1. The van der Waals surface area contributed by atoms with Crippen LogP contribution >= 0.6 is 0 Å². The van der Waals surface area contributed by atoms with Crippen molar-refractivity contribution in [2.45, 2.75) is 13.1 Å². The number of nitrogens with one attached hydrogen (secondary N) is 1. The van der Waals surface area contributed by atoms with E-state index < -0.39 is 23.0 Å². The lowest BCUT2D eigenvalue weighted by molar-refractivity contribution is -0.137. The Kier molecular flexibility index (Phi) is 2.73. The minimum absolute atomic E-state index is 0.141. The summed E-state index contributed by atoms with van der Waals surface area (Å²) in [7, 11) is 0. The van der Waals surface area contributed by atoms with Gasteiger partial charge in [-0.2, -0.15) is 13.2 Å². The highest BCUT2D eigenvalue weighted by Gasteiger charge is 2.30. The summed E-state index contributed by atoms with van der Waals surface area (Å²) in [5, 5.41) is -0.141. The van der Waals surface area contributed by atoms with Gasteiger partial charge < -0.3 is 4.98 Å². The number of fused-ring (bicyclic) bond motifs is 1. The van der Waals surface area contributed by atoms with Gasteiger partial charge in [-0.05, 0) is 25.1 Å². The molecule has 0 saturated carbocycles. The SMILES string of the molecule is CC(=O)c1c[nH]c2ccc(C(F)(F)F)cc2c1=O. The molecule has 18 heavy (non-hydrogen) atoms. The van der Waals surface area contributed by atoms with E-state index in [4.69, 9.17) is 0 Å². The molecule has 94 valence electrons. The first-order valence-electron chi connectivity index (χ1n) is 5.04. The molecule has 2 rings (SSSR count). The molecule has 0 aliphatic carbocycles. The summed E-state index contributed by atoms with van der Waals surface area (Å²) in [5.74, 6) is -0.490. The molecule has 0 aliphatic heterocycles. The molecule has 1 aromatic heterocycles. The Morgan fingerprint density at radius 2 is 1.94 bits per heavy atom. The van der Waals surface area contributed by atoms with Crippen LogP contribution in [0.4, 0.5) is 13.2 Å². The first kappa shape index (κ1) is 12.3. The fourth-order valence-electron chi connectivity index (χ4n) is 1.66. The molecule has 0 radical (unpaired) electrons. The van der Waals surface area contributed by atoms with E-state index in [0.717, 1.165) is 12.1 Å². The predicted octanol–water partition coefficient (Wildman–Crippen LogP) is 2.75. The molecular weight excluding hydrogens is 247 g/mol. The Hall–Kier alpha value is -2.11. The van der Waals surface area contributed by atoms with Crippen molar-refractivity contribution in [1.29, 1.82) is 0 Å². The number of carbonyl (C=O) groups is 1. The molecule has 0 saturated heterocycles. The smallest absolute Gasteiger partial charge is 0.360 e. The molecule has 0 amide bonds. The van der Waals surface area contributed by atoms with Gasteiger partial charge >= 0.3 is 6.18 Å². The Morgan fingerprint density at radius 3 is 2.50 bits per heavy atom. The number of ketones is 1. The average Bonchev–Trinajstić information content (AvgIpc) is 2.27. The zero-order chi connectivity index (χ0) is 13.5. The van der Waals surface area contributed by atoms with Crippen molar-refractivity contribution in [2.24, 2.45) is 0 Å². The fourth-order valence-corrected chi connectivity index (χ4v) is 1.66. The maximum Gasteiger partial charge on any atom is 0.416 e. The van der Waals surface area contributed by atoms with Crippen molar-refractivity contribution >= 4 is 16.7 Å². The standard InChI is InChI=1S/C12H8F3NO2/c1-6(17)9-5-16-10-3-2-7(12(13,14)15)4-8(10)11(9)18/h2-5H,1H3,(H,16,18). The number of aromatic nitrogens is 1. The van der Waals surface area contributed by atoms with E-state index in [9.17, 15) is 22.8 Å². The van der Waals surface area contributed by atoms with Gasteiger partial charge in [-0.1, -0.05) is 0 Å². The lowest BCUT2D eigenvalue weighted by Gasteiger charge is -2.07. The topological polar surface area (TPSA) is 49.9 Å². The first-order valence-corrected chi connectivity index (χ1v) is 5.04. The third kappa shape index (κ3) is 2.01. The normalized spacial score (nSPS) is 11.8.